The zero-order valence-corrected chi connectivity index (χ0v) is 13.3. The van der Waals surface area contributed by atoms with Gasteiger partial charge in [-0.3, -0.25) is 0 Å². The Morgan fingerprint density at radius 1 is 1.18 bits per heavy atom. The minimum absolute atomic E-state index is 0.715. The number of aromatic nitrogens is 3. The van der Waals surface area contributed by atoms with E-state index in [4.69, 9.17) is 9.47 Å². The standard InChI is InChI=1S/C17H23N3O2/c1-3-4-11-22-14-9-8-13(12-15(14)21-2)17-19-18-16-7-5-6-10-20(16)17/h8-9,12H,3-7,10-11H2,1-2H3. The average molecular weight is 301 g/mol. The molecule has 0 radical (unpaired) electrons. The first-order valence-corrected chi connectivity index (χ1v) is 8.06. The summed E-state index contributed by atoms with van der Waals surface area (Å²) in [6.07, 6.45) is 5.57. The van der Waals surface area contributed by atoms with Crippen LogP contribution < -0.4 is 9.47 Å². The van der Waals surface area contributed by atoms with Crippen LogP contribution in [0.4, 0.5) is 0 Å². The van der Waals surface area contributed by atoms with Gasteiger partial charge in [-0.2, -0.15) is 0 Å². The molecule has 0 aliphatic carbocycles. The van der Waals surface area contributed by atoms with E-state index in [0.717, 1.165) is 54.5 Å². The maximum atomic E-state index is 5.79. The first kappa shape index (κ1) is 14.9. The Kier molecular flexibility index (Phi) is 4.61. The van der Waals surface area contributed by atoms with Crippen LogP contribution in [0.1, 0.15) is 38.4 Å². The quantitative estimate of drug-likeness (QED) is 0.767. The molecule has 1 aliphatic heterocycles. The molecule has 22 heavy (non-hydrogen) atoms. The minimum atomic E-state index is 0.715. The number of aryl methyl sites for hydroxylation is 1. The first-order valence-electron chi connectivity index (χ1n) is 8.06. The maximum Gasteiger partial charge on any atom is 0.164 e. The topological polar surface area (TPSA) is 49.2 Å². The fraction of sp³-hybridized carbons (Fsp3) is 0.529. The highest BCUT2D eigenvalue weighted by atomic mass is 16.5. The summed E-state index contributed by atoms with van der Waals surface area (Å²) in [4.78, 5) is 0. The van der Waals surface area contributed by atoms with Crippen LogP contribution in [0.5, 0.6) is 11.5 Å². The van der Waals surface area contributed by atoms with Crippen LogP contribution in [-0.4, -0.2) is 28.5 Å². The molecule has 3 rings (SSSR count). The lowest BCUT2D eigenvalue weighted by Gasteiger charge is -2.16. The zero-order valence-electron chi connectivity index (χ0n) is 13.3. The molecule has 1 aromatic carbocycles. The highest BCUT2D eigenvalue weighted by Crippen LogP contribution is 2.33. The Bertz CT molecular complexity index is 637. The predicted molar refractivity (Wildman–Crippen MR) is 85.4 cm³/mol. The van der Waals surface area contributed by atoms with Crippen molar-refractivity contribution >= 4 is 0 Å². The highest BCUT2D eigenvalue weighted by molar-refractivity contribution is 5.61. The Morgan fingerprint density at radius 3 is 2.91 bits per heavy atom. The van der Waals surface area contributed by atoms with Crippen LogP contribution in [0.2, 0.25) is 0 Å². The molecule has 0 spiro atoms. The molecule has 0 amide bonds. The van der Waals surface area contributed by atoms with Crippen molar-refractivity contribution in [1.29, 1.82) is 0 Å². The van der Waals surface area contributed by atoms with E-state index in [0.29, 0.717) is 6.61 Å². The lowest BCUT2D eigenvalue weighted by molar-refractivity contribution is 0.288. The van der Waals surface area contributed by atoms with Gasteiger partial charge in [0.15, 0.2) is 17.3 Å². The van der Waals surface area contributed by atoms with Crippen molar-refractivity contribution in [3.63, 3.8) is 0 Å². The van der Waals surface area contributed by atoms with Crippen molar-refractivity contribution in [3.8, 4) is 22.9 Å². The molecule has 118 valence electrons. The summed E-state index contributed by atoms with van der Waals surface area (Å²) in [6.45, 7) is 3.86. The lowest BCUT2D eigenvalue weighted by atomic mass is 10.1. The van der Waals surface area contributed by atoms with Gasteiger partial charge in [-0.05, 0) is 37.5 Å². The number of hydrogen-bond donors (Lipinski definition) is 0. The predicted octanol–water partition coefficient (Wildman–Crippen LogP) is 3.47. The van der Waals surface area contributed by atoms with Gasteiger partial charge in [0, 0.05) is 18.5 Å². The molecule has 0 saturated carbocycles. The van der Waals surface area contributed by atoms with E-state index in [2.05, 4.69) is 21.7 Å². The van der Waals surface area contributed by atoms with Crippen LogP contribution in [0, 0.1) is 0 Å². The average Bonchev–Trinajstić information content (AvgIpc) is 2.99. The summed E-state index contributed by atoms with van der Waals surface area (Å²) < 4.78 is 13.5. The molecule has 2 heterocycles. The second-order valence-corrected chi connectivity index (χ2v) is 5.62. The molecule has 0 unspecified atom stereocenters. The summed E-state index contributed by atoms with van der Waals surface area (Å²) in [5.41, 5.74) is 1.03. The van der Waals surface area contributed by atoms with E-state index < -0.39 is 0 Å². The van der Waals surface area contributed by atoms with Crippen LogP contribution in [0.3, 0.4) is 0 Å². The van der Waals surface area contributed by atoms with Gasteiger partial charge in [-0.25, -0.2) is 0 Å². The number of ether oxygens (including phenoxy) is 2. The molecule has 0 N–H and O–H groups in total. The van der Waals surface area contributed by atoms with E-state index >= 15 is 0 Å². The number of rotatable bonds is 6. The van der Waals surface area contributed by atoms with E-state index in [9.17, 15) is 0 Å². The number of unbranched alkanes of at least 4 members (excludes halogenated alkanes) is 1. The molecule has 5 heteroatoms. The molecule has 1 aliphatic rings. The molecule has 0 saturated heterocycles. The van der Waals surface area contributed by atoms with Gasteiger partial charge < -0.3 is 14.0 Å². The van der Waals surface area contributed by atoms with Crippen molar-refractivity contribution in [3.05, 3.63) is 24.0 Å². The van der Waals surface area contributed by atoms with Gasteiger partial charge in [-0.15, -0.1) is 10.2 Å². The van der Waals surface area contributed by atoms with Crippen LogP contribution in [0.25, 0.3) is 11.4 Å². The maximum absolute atomic E-state index is 5.79. The van der Waals surface area contributed by atoms with E-state index in [1.54, 1.807) is 7.11 Å². The SMILES string of the molecule is CCCCOc1ccc(-c2nnc3n2CCCC3)cc1OC. The fourth-order valence-electron chi connectivity index (χ4n) is 2.77. The van der Waals surface area contributed by atoms with Crippen molar-refractivity contribution in [2.45, 2.75) is 45.6 Å². The number of nitrogens with zero attached hydrogens (tertiary/aromatic N) is 3. The highest BCUT2D eigenvalue weighted by Gasteiger charge is 2.18. The monoisotopic (exact) mass is 301 g/mol. The lowest BCUT2D eigenvalue weighted by Crippen LogP contribution is -2.11. The third-order valence-corrected chi connectivity index (χ3v) is 4.04. The Morgan fingerprint density at radius 2 is 2.09 bits per heavy atom. The normalized spacial score (nSPS) is 13.7. The van der Waals surface area contributed by atoms with E-state index in [1.165, 1.54) is 12.8 Å². The van der Waals surface area contributed by atoms with Crippen molar-refractivity contribution in [2.24, 2.45) is 0 Å². The van der Waals surface area contributed by atoms with E-state index in [-0.39, 0.29) is 0 Å². The minimum Gasteiger partial charge on any atom is -0.493 e. The molecule has 0 bridgehead atoms. The third kappa shape index (κ3) is 2.93. The molecule has 2 aromatic rings. The number of benzene rings is 1. The number of fused-ring (bicyclic) bond motifs is 1. The van der Waals surface area contributed by atoms with Gasteiger partial charge in [-0.1, -0.05) is 13.3 Å². The second kappa shape index (κ2) is 6.81. The summed E-state index contributed by atoms with van der Waals surface area (Å²) >= 11 is 0. The van der Waals surface area contributed by atoms with Crippen LogP contribution in [0.15, 0.2) is 18.2 Å². The number of hydrogen-bond acceptors (Lipinski definition) is 4. The first-order chi connectivity index (χ1) is 10.8. The van der Waals surface area contributed by atoms with Gasteiger partial charge in [0.05, 0.1) is 13.7 Å². The Balaban J connectivity index is 1.87. The zero-order chi connectivity index (χ0) is 15.4. The van der Waals surface area contributed by atoms with Crippen LogP contribution in [-0.2, 0) is 13.0 Å². The summed E-state index contributed by atoms with van der Waals surface area (Å²) in [7, 11) is 1.67. The van der Waals surface area contributed by atoms with Crippen molar-refractivity contribution in [1.82, 2.24) is 14.8 Å². The second-order valence-electron chi connectivity index (χ2n) is 5.62. The summed E-state index contributed by atoms with van der Waals surface area (Å²) in [5.74, 6) is 3.55. The molecular formula is C17H23N3O2. The molecule has 0 fully saturated rings. The van der Waals surface area contributed by atoms with E-state index in [1.807, 2.05) is 18.2 Å². The summed E-state index contributed by atoms with van der Waals surface area (Å²) in [5, 5.41) is 8.68. The van der Waals surface area contributed by atoms with Crippen molar-refractivity contribution < 1.29 is 9.47 Å². The Hall–Kier alpha value is -2.04. The molecular weight excluding hydrogens is 278 g/mol. The summed E-state index contributed by atoms with van der Waals surface area (Å²) in [6, 6.07) is 6.00. The largest absolute Gasteiger partial charge is 0.493 e. The smallest absolute Gasteiger partial charge is 0.164 e. The van der Waals surface area contributed by atoms with Gasteiger partial charge >= 0.3 is 0 Å². The third-order valence-electron chi connectivity index (χ3n) is 4.04. The molecule has 0 atom stereocenters. The Labute approximate surface area is 131 Å². The van der Waals surface area contributed by atoms with Crippen LogP contribution >= 0.6 is 0 Å². The van der Waals surface area contributed by atoms with Gasteiger partial charge in [0.1, 0.15) is 5.82 Å². The van der Waals surface area contributed by atoms with Gasteiger partial charge in [0.25, 0.3) is 0 Å². The molecule has 5 nitrogen and oxygen atoms in total. The van der Waals surface area contributed by atoms with Gasteiger partial charge in [0.2, 0.25) is 0 Å². The van der Waals surface area contributed by atoms with Crippen molar-refractivity contribution in [2.75, 3.05) is 13.7 Å². The molecule has 1 aromatic heterocycles. The fourth-order valence-corrected chi connectivity index (χ4v) is 2.77. The number of methoxy groups -OCH3 is 1.